The van der Waals surface area contributed by atoms with Crippen LogP contribution in [0.15, 0.2) is 30.3 Å². The molecule has 16 heavy (non-hydrogen) atoms. The third-order valence-electron chi connectivity index (χ3n) is 4.25. The molecule has 0 saturated heterocycles. The van der Waals surface area contributed by atoms with Gasteiger partial charge in [0.05, 0.1) is 0 Å². The molecule has 1 N–H and O–H groups in total. The van der Waals surface area contributed by atoms with E-state index < -0.39 is 0 Å². The highest BCUT2D eigenvalue weighted by atomic mass is 15.0. The maximum absolute atomic E-state index is 3.78. The van der Waals surface area contributed by atoms with E-state index in [4.69, 9.17) is 0 Å². The topological polar surface area (TPSA) is 12.0 Å². The highest BCUT2D eigenvalue weighted by Gasteiger charge is 2.34. The lowest BCUT2D eigenvalue weighted by Gasteiger charge is -2.43. The molecule has 0 bridgehead atoms. The van der Waals surface area contributed by atoms with Crippen LogP contribution in [0, 0.1) is 5.92 Å². The fourth-order valence-corrected chi connectivity index (χ4v) is 3.12. The van der Waals surface area contributed by atoms with Crippen molar-refractivity contribution in [1.82, 2.24) is 5.32 Å². The summed E-state index contributed by atoms with van der Waals surface area (Å²) in [6, 6.07) is 12.6. The SMILES string of the molecule is CC1CC(NC2CC(c3ccccc3)C2)C1. The molecular formula is C15H21N. The first kappa shape index (κ1) is 10.3. The summed E-state index contributed by atoms with van der Waals surface area (Å²) in [6.45, 7) is 2.35. The molecular weight excluding hydrogens is 194 g/mol. The van der Waals surface area contributed by atoms with Crippen molar-refractivity contribution in [1.29, 1.82) is 0 Å². The van der Waals surface area contributed by atoms with E-state index >= 15 is 0 Å². The Morgan fingerprint density at radius 1 is 0.938 bits per heavy atom. The number of hydrogen-bond donors (Lipinski definition) is 1. The Labute approximate surface area is 98.3 Å². The molecule has 0 aliphatic heterocycles. The van der Waals surface area contributed by atoms with Crippen molar-refractivity contribution in [2.45, 2.75) is 50.6 Å². The second-order valence-electron chi connectivity index (χ2n) is 5.72. The van der Waals surface area contributed by atoms with Crippen LogP contribution in [0.25, 0.3) is 0 Å². The normalized spacial score (nSPS) is 37.6. The third kappa shape index (κ3) is 2.01. The second kappa shape index (κ2) is 4.21. The van der Waals surface area contributed by atoms with Gasteiger partial charge in [-0.15, -0.1) is 0 Å². The van der Waals surface area contributed by atoms with Gasteiger partial charge in [-0.3, -0.25) is 0 Å². The lowest BCUT2D eigenvalue weighted by atomic mass is 9.74. The van der Waals surface area contributed by atoms with Gasteiger partial charge in [-0.05, 0) is 43.1 Å². The molecule has 1 aromatic rings. The second-order valence-corrected chi connectivity index (χ2v) is 5.72. The molecule has 2 saturated carbocycles. The average Bonchev–Trinajstić information content (AvgIpc) is 2.21. The van der Waals surface area contributed by atoms with Gasteiger partial charge in [0.15, 0.2) is 0 Å². The summed E-state index contributed by atoms with van der Waals surface area (Å²) >= 11 is 0. The molecule has 0 amide bonds. The summed E-state index contributed by atoms with van der Waals surface area (Å²) in [6.07, 6.45) is 5.47. The van der Waals surface area contributed by atoms with Crippen molar-refractivity contribution in [2.24, 2.45) is 5.92 Å². The molecule has 2 aliphatic rings. The van der Waals surface area contributed by atoms with E-state index in [0.717, 1.165) is 23.9 Å². The predicted molar refractivity (Wildman–Crippen MR) is 67.5 cm³/mol. The molecule has 0 heterocycles. The lowest BCUT2D eigenvalue weighted by Crippen LogP contribution is -2.50. The Morgan fingerprint density at radius 2 is 1.56 bits per heavy atom. The molecule has 86 valence electrons. The Balaban J connectivity index is 1.45. The number of rotatable bonds is 3. The van der Waals surface area contributed by atoms with Crippen molar-refractivity contribution < 1.29 is 0 Å². The van der Waals surface area contributed by atoms with Gasteiger partial charge in [0.2, 0.25) is 0 Å². The van der Waals surface area contributed by atoms with E-state index in [-0.39, 0.29) is 0 Å². The van der Waals surface area contributed by atoms with Crippen molar-refractivity contribution in [3.8, 4) is 0 Å². The maximum atomic E-state index is 3.78. The Morgan fingerprint density at radius 3 is 2.19 bits per heavy atom. The highest BCUT2D eigenvalue weighted by molar-refractivity contribution is 5.22. The van der Waals surface area contributed by atoms with E-state index in [1.54, 1.807) is 0 Å². The summed E-state index contributed by atoms with van der Waals surface area (Å²) in [4.78, 5) is 0. The zero-order chi connectivity index (χ0) is 11.0. The summed E-state index contributed by atoms with van der Waals surface area (Å²) in [5.41, 5.74) is 1.53. The first-order chi connectivity index (χ1) is 7.81. The highest BCUT2D eigenvalue weighted by Crippen LogP contribution is 2.38. The first-order valence-corrected chi connectivity index (χ1v) is 6.62. The van der Waals surface area contributed by atoms with Gasteiger partial charge in [-0.25, -0.2) is 0 Å². The van der Waals surface area contributed by atoms with E-state index in [9.17, 15) is 0 Å². The fraction of sp³-hybridized carbons (Fsp3) is 0.600. The van der Waals surface area contributed by atoms with E-state index in [0.29, 0.717) is 0 Å². The largest absolute Gasteiger partial charge is 0.311 e. The molecule has 0 aromatic heterocycles. The number of benzene rings is 1. The van der Waals surface area contributed by atoms with Gasteiger partial charge in [0.1, 0.15) is 0 Å². The molecule has 1 heteroatoms. The minimum atomic E-state index is 0.794. The number of hydrogen-bond acceptors (Lipinski definition) is 1. The lowest BCUT2D eigenvalue weighted by molar-refractivity contribution is 0.177. The summed E-state index contributed by atoms with van der Waals surface area (Å²) in [5, 5.41) is 3.78. The van der Waals surface area contributed by atoms with Gasteiger partial charge in [-0.2, -0.15) is 0 Å². The van der Waals surface area contributed by atoms with Crippen LogP contribution in [0.1, 0.15) is 44.1 Å². The van der Waals surface area contributed by atoms with Crippen LogP contribution in [-0.2, 0) is 0 Å². The van der Waals surface area contributed by atoms with Crippen LogP contribution >= 0.6 is 0 Å². The zero-order valence-corrected chi connectivity index (χ0v) is 10.0. The van der Waals surface area contributed by atoms with Crippen LogP contribution in [0.5, 0.6) is 0 Å². The molecule has 0 atom stereocenters. The van der Waals surface area contributed by atoms with Crippen LogP contribution in [0.4, 0.5) is 0 Å². The predicted octanol–water partition coefficient (Wildman–Crippen LogP) is 3.32. The van der Waals surface area contributed by atoms with Crippen LogP contribution < -0.4 is 5.32 Å². The van der Waals surface area contributed by atoms with Crippen LogP contribution in [-0.4, -0.2) is 12.1 Å². The molecule has 2 aliphatic carbocycles. The van der Waals surface area contributed by atoms with Gasteiger partial charge < -0.3 is 5.32 Å². The molecule has 0 radical (unpaired) electrons. The van der Waals surface area contributed by atoms with E-state index in [1.807, 2.05) is 0 Å². The maximum Gasteiger partial charge on any atom is 0.00813 e. The average molecular weight is 215 g/mol. The van der Waals surface area contributed by atoms with E-state index in [2.05, 4.69) is 42.6 Å². The van der Waals surface area contributed by atoms with Crippen molar-refractivity contribution in [2.75, 3.05) is 0 Å². The Hall–Kier alpha value is -0.820. The van der Waals surface area contributed by atoms with Gasteiger partial charge >= 0.3 is 0 Å². The van der Waals surface area contributed by atoms with Gasteiger partial charge in [-0.1, -0.05) is 37.3 Å². The zero-order valence-electron chi connectivity index (χ0n) is 10.0. The van der Waals surface area contributed by atoms with Crippen LogP contribution in [0.2, 0.25) is 0 Å². The summed E-state index contributed by atoms with van der Waals surface area (Å²) < 4.78 is 0. The monoisotopic (exact) mass is 215 g/mol. The smallest absolute Gasteiger partial charge is 0.00813 e. The molecule has 0 unspecified atom stereocenters. The molecule has 1 aromatic carbocycles. The fourth-order valence-electron chi connectivity index (χ4n) is 3.12. The molecule has 0 spiro atoms. The minimum absolute atomic E-state index is 0.794. The summed E-state index contributed by atoms with van der Waals surface area (Å²) in [5.74, 6) is 1.78. The van der Waals surface area contributed by atoms with Crippen molar-refractivity contribution in [3.05, 3.63) is 35.9 Å². The van der Waals surface area contributed by atoms with Gasteiger partial charge in [0, 0.05) is 12.1 Å². The van der Waals surface area contributed by atoms with Gasteiger partial charge in [0.25, 0.3) is 0 Å². The minimum Gasteiger partial charge on any atom is -0.311 e. The van der Waals surface area contributed by atoms with Crippen molar-refractivity contribution in [3.63, 3.8) is 0 Å². The molecule has 2 fully saturated rings. The Kier molecular flexibility index (Phi) is 2.72. The standard InChI is InChI=1S/C15H21N/c1-11-7-14(8-11)16-15-9-13(10-15)12-5-3-2-4-6-12/h2-6,11,13-16H,7-10H2,1H3. The third-order valence-corrected chi connectivity index (χ3v) is 4.25. The summed E-state index contributed by atoms with van der Waals surface area (Å²) in [7, 11) is 0. The Bertz CT molecular complexity index is 334. The quantitative estimate of drug-likeness (QED) is 0.815. The van der Waals surface area contributed by atoms with Crippen molar-refractivity contribution >= 4 is 0 Å². The number of nitrogens with one attached hydrogen (secondary N) is 1. The first-order valence-electron chi connectivity index (χ1n) is 6.62. The molecule has 3 rings (SSSR count). The van der Waals surface area contributed by atoms with Crippen LogP contribution in [0.3, 0.4) is 0 Å². The molecule has 1 nitrogen and oxygen atoms in total. The van der Waals surface area contributed by atoms with E-state index in [1.165, 1.54) is 31.2 Å².